The molecule has 1 aromatic heterocycles. The van der Waals surface area contributed by atoms with Crippen LogP contribution in [-0.4, -0.2) is 27.7 Å². The molecule has 0 aliphatic carbocycles. The maximum absolute atomic E-state index is 10.4. The molecule has 0 atom stereocenters. The van der Waals surface area contributed by atoms with E-state index in [0.717, 1.165) is 0 Å². The number of hydrogen-bond acceptors (Lipinski definition) is 4. The van der Waals surface area contributed by atoms with E-state index in [2.05, 4.69) is 16.5 Å². The van der Waals surface area contributed by atoms with Crippen molar-refractivity contribution in [3.8, 4) is 0 Å². The summed E-state index contributed by atoms with van der Waals surface area (Å²) in [5.41, 5.74) is 0.580. The quantitative estimate of drug-likeness (QED) is 0.728. The van der Waals surface area contributed by atoms with E-state index in [-0.39, 0.29) is 5.82 Å². The first-order chi connectivity index (χ1) is 6.65. The van der Waals surface area contributed by atoms with Gasteiger partial charge in [0.1, 0.15) is 5.76 Å². The fourth-order valence-corrected chi connectivity index (χ4v) is 0.840. The Hall–Kier alpha value is -1.91. The van der Waals surface area contributed by atoms with E-state index in [1.807, 2.05) is 6.92 Å². The van der Waals surface area contributed by atoms with Crippen LogP contribution in [0.3, 0.4) is 0 Å². The van der Waals surface area contributed by atoms with Crippen molar-refractivity contribution in [2.45, 2.75) is 6.92 Å². The highest BCUT2D eigenvalue weighted by Crippen LogP contribution is 2.10. The summed E-state index contributed by atoms with van der Waals surface area (Å²) in [6, 6.07) is 0. The molecule has 1 rings (SSSR count). The third kappa shape index (κ3) is 2.29. The van der Waals surface area contributed by atoms with Crippen molar-refractivity contribution in [3.05, 3.63) is 30.4 Å². The van der Waals surface area contributed by atoms with Crippen molar-refractivity contribution >= 4 is 11.7 Å². The number of aromatic nitrogens is 2. The Morgan fingerprint density at radius 1 is 1.57 bits per heavy atom. The Bertz CT molecular complexity index is 346. The molecule has 1 heterocycles. The van der Waals surface area contributed by atoms with E-state index in [1.165, 1.54) is 12.4 Å². The summed E-state index contributed by atoms with van der Waals surface area (Å²) in [4.78, 5) is 17.7. The average Bonchev–Trinajstić information content (AvgIpc) is 2.18. The number of nitrogens with zero attached hydrogens (tertiary/aromatic N) is 2. The topological polar surface area (TPSA) is 72.3 Å². The van der Waals surface area contributed by atoms with Crippen LogP contribution in [0.1, 0.15) is 23.1 Å². The van der Waals surface area contributed by atoms with Crippen molar-refractivity contribution in [3.63, 3.8) is 0 Å². The van der Waals surface area contributed by atoms with E-state index in [0.29, 0.717) is 17.9 Å². The minimum absolute atomic E-state index is 0.238. The highest BCUT2D eigenvalue weighted by Gasteiger charge is 2.07. The largest absolute Gasteiger partial charge is 0.494 e. The third-order valence-corrected chi connectivity index (χ3v) is 1.48. The monoisotopic (exact) mass is 194 g/mol. The molecule has 0 spiro atoms. The number of carbonyl (C=O) groups is 1. The lowest BCUT2D eigenvalue weighted by molar-refractivity contribution is 0.0683. The molecule has 0 saturated carbocycles. The zero-order valence-electron chi connectivity index (χ0n) is 7.73. The van der Waals surface area contributed by atoms with Crippen LogP contribution in [0.15, 0.2) is 19.0 Å². The second kappa shape index (κ2) is 4.36. The maximum Gasteiger partial charge on any atom is 0.373 e. The van der Waals surface area contributed by atoms with Gasteiger partial charge in [0.15, 0.2) is 0 Å². The molecule has 0 amide bonds. The van der Waals surface area contributed by atoms with Gasteiger partial charge in [0.2, 0.25) is 5.82 Å². The van der Waals surface area contributed by atoms with Gasteiger partial charge in [-0.3, -0.25) is 0 Å². The Kier molecular flexibility index (Phi) is 3.17. The van der Waals surface area contributed by atoms with E-state index >= 15 is 0 Å². The Morgan fingerprint density at radius 3 is 2.57 bits per heavy atom. The highest BCUT2D eigenvalue weighted by molar-refractivity contribution is 5.83. The van der Waals surface area contributed by atoms with Gasteiger partial charge in [-0.1, -0.05) is 6.58 Å². The molecule has 0 unspecified atom stereocenters. The molecule has 0 aliphatic rings. The molecule has 0 fully saturated rings. The minimum atomic E-state index is -1.15. The van der Waals surface area contributed by atoms with Crippen LogP contribution in [0.25, 0.3) is 5.76 Å². The average molecular weight is 194 g/mol. The number of rotatable bonds is 4. The fraction of sp³-hybridized carbons (Fsp3) is 0.222. The van der Waals surface area contributed by atoms with Crippen LogP contribution < -0.4 is 0 Å². The lowest BCUT2D eigenvalue weighted by atomic mass is 10.3. The third-order valence-electron chi connectivity index (χ3n) is 1.48. The summed E-state index contributed by atoms with van der Waals surface area (Å²) in [5.74, 6) is -0.957. The van der Waals surface area contributed by atoms with E-state index in [4.69, 9.17) is 9.84 Å². The molecule has 5 heteroatoms. The molecule has 5 nitrogen and oxygen atoms in total. The van der Waals surface area contributed by atoms with Crippen molar-refractivity contribution in [2.75, 3.05) is 6.61 Å². The van der Waals surface area contributed by atoms with Crippen LogP contribution in [0.4, 0.5) is 0 Å². The first kappa shape index (κ1) is 10.2. The maximum atomic E-state index is 10.4. The lowest BCUT2D eigenvalue weighted by Gasteiger charge is -2.05. The first-order valence-electron chi connectivity index (χ1n) is 4.02. The van der Waals surface area contributed by atoms with Gasteiger partial charge in [-0.25, -0.2) is 14.8 Å². The highest BCUT2D eigenvalue weighted by atomic mass is 16.5. The molecular weight excluding hydrogens is 184 g/mol. The number of carboxylic acid groups (broad SMARTS) is 1. The molecule has 1 N–H and O–H groups in total. The van der Waals surface area contributed by atoms with Gasteiger partial charge < -0.3 is 9.84 Å². The molecule has 0 saturated heterocycles. The summed E-state index contributed by atoms with van der Waals surface area (Å²) in [6.07, 6.45) is 2.74. The van der Waals surface area contributed by atoms with E-state index in [9.17, 15) is 4.79 Å². The van der Waals surface area contributed by atoms with Gasteiger partial charge in [0, 0.05) is 12.4 Å². The van der Waals surface area contributed by atoms with Gasteiger partial charge in [0.25, 0.3) is 0 Å². The van der Waals surface area contributed by atoms with Crippen molar-refractivity contribution < 1.29 is 14.6 Å². The molecule has 0 aromatic carbocycles. The molecule has 0 bridgehead atoms. The standard InChI is InChI=1S/C9H10N2O3/c1-3-14-6(2)7-4-10-8(9(12)13)11-5-7/h4-5H,2-3H2,1H3,(H,12,13). The lowest BCUT2D eigenvalue weighted by Crippen LogP contribution is -2.04. The van der Waals surface area contributed by atoms with Crippen LogP contribution >= 0.6 is 0 Å². The first-order valence-corrected chi connectivity index (χ1v) is 4.02. The predicted octanol–water partition coefficient (Wildman–Crippen LogP) is 1.18. The SMILES string of the molecule is C=C(OCC)c1cnc(C(=O)O)nc1. The number of ether oxygens (including phenoxy) is 1. The Labute approximate surface area is 81.1 Å². The van der Waals surface area contributed by atoms with Gasteiger partial charge in [-0.2, -0.15) is 0 Å². The molecular formula is C9H10N2O3. The number of aromatic carboxylic acids is 1. The summed E-state index contributed by atoms with van der Waals surface area (Å²) < 4.78 is 5.11. The Balaban J connectivity index is 2.83. The molecule has 74 valence electrons. The molecule has 1 aromatic rings. The van der Waals surface area contributed by atoms with E-state index in [1.54, 1.807) is 0 Å². The second-order valence-electron chi connectivity index (χ2n) is 2.46. The fourth-order valence-electron chi connectivity index (χ4n) is 0.840. The van der Waals surface area contributed by atoms with Crippen molar-refractivity contribution in [2.24, 2.45) is 0 Å². The van der Waals surface area contributed by atoms with Crippen molar-refractivity contribution in [1.82, 2.24) is 9.97 Å². The van der Waals surface area contributed by atoms with E-state index < -0.39 is 5.97 Å². The van der Waals surface area contributed by atoms with Crippen LogP contribution in [-0.2, 0) is 4.74 Å². The summed E-state index contributed by atoms with van der Waals surface area (Å²) in [7, 11) is 0. The van der Waals surface area contributed by atoms with Crippen LogP contribution in [0, 0.1) is 0 Å². The summed E-state index contributed by atoms with van der Waals surface area (Å²) in [6.45, 7) is 5.97. The minimum Gasteiger partial charge on any atom is -0.494 e. The number of hydrogen-bond donors (Lipinski definition) is 1. The summed E-state index contributed by atoms with van der Waals surface area (Å²) in [5, 5.41) is 8.54. The zero-order chi connectivity index (χ0) is 10.6. The molecule has 0 aliphatic heterocycles. The van der Waals surface area contributed by atoms with Gasteiger partial charge in [0.05, 0.1) is 12.2 Å². The molecule has 0 radical (unpaired) electrons. The van der Waals surface area contributed by atoms with Crippen molar-refractivity contribution in [1.29, 1.82) is 0 Å². The van der Waals surface area contributed by atoms with Crippen LogP contribution in [0.2, 0.25) is 0 Å². The van der Waals surface area contributed by atoms with Gasteiger partial charge in [-0.15, -0.1) is 0 Å². The Morgan fingerprint density at radius 2 is 2.14 bits per heavy atom. The summed E-state index contributed by atoms with van der Waals surface area (Å²) >= 11 is 0. The predicted molar refractivity (Wildman–Crippen MR) is 49.7 cm³/mol. The second-order valence-corrected chi connectivity index (χ2v) is 2.46. The normalized spacial score (nSPS) is 9.50. The van der Waals surface area contributed by atoms with Gasteiger partial charge >= 0.3 is 5.97 Å². The zero-order valence-corrected chi connectivity index (χ0v) is 7.73. The van der Waals surface area contributed by atoms with Gasteiger partial charge in [-0.05, 0) is 6.92 Å². The smallest absolute Gasteiger partial charge is 0.373 e. The molecule has 14 heavy (non-hydrogen) atoms. The van der Waals surface area contributed by atoms with Crippen LogP contribution in [0.5, 0.6) is 0 Å². The number of carboxylic acids is 1.